The summed E-state index contributed by atoms with van der Waals surface area (Å²) < 4.78 is 1.09. The van der Waals surface area contributed by atoms with Crippen molar-refractivity contribution < 1.29 is 14.4 Å². The molecule has 3 aromatic rings. The Morgan fingerprint density at radius 2 is 1.88 bits per heavy atom. The lowest BCUT2D eigenvalue weighted by Gasteiger charge is -2.28. The average molecular weight is 455 g/mol. The number of hydrogen-bond acceptors (Lipinski definition) is 5. The molecule has 1 aliphatic carbocycles. The van der Waals surface area contributed by atoms with Gasteiger partial charge in [-0.3, -0.25) is 9.59 Å². The van der Waals surface area contributed by atoms with Crippen molar-refractivity contribution in [2.24, 2.45) is 5.73 Å². The molecule has 32 heavy (non-hydrogen) atoms. The maximum Gasteiger partial charge on any atom is 0.340 e. The topological polar surface area (TPSA) is 123 Å². The molecule has 0 unspecified atom stereocenters. The fraction of sp³-hybridized carbons (Fsp3) is 0.318. The van der Waals surface area contributed by atoms with Crippen LogP contribution in [0.5, 0.6) is 0 Å². The molecule has 1 aliphatic rings. The summed E-state index contributed by atoms with van der Waals surface area (Å²) in [4.78, 5) is 43.4. The number of primary amides is 1. The molecule has 0 atom stereocenters. The number of anilines is 1. The molecule has 2 aromatic heterocycles. The number of hydrogen-bond donors (Lipinski definition) is 2. The molecule has 1 aromatic carbocycles. The highest BCUT2D eigenvalue weighted by Crippen LogP contribution is 2.25. The van der Waals surface area contributed by atoms with E-state index in [1.54, 1.807) is 41.3 Å². The van der Waals surface area contributed by atoms with Crippen LogP contribution in [-0.4, -0.2) is 50.1 Å². The number of nitrogens with one attached hydrogen (secondary N) is 1. The van der Waals surface area contributed by atoms with Gasteiger partial charge in [-0.2, -0.15) is 9.78 Å². The van der Waals surface area contributed by atoms with Crippen LogP contribution in [0, 0.1) is 0 Å². The highest BCUT2D eigenvalue weighted by molar-refractivity contribution is 6.29. The van der Waals surface area contributed by atoms with Crippen molar-refractivity contribution in [2.45, 2.75) is 38.1 Å². The summed E-state index contributed by atoms with van der Waals surface area (Å²) in [6, 6.07) is 11.3. The van der Waals surface area contributed by atoms with Crippen LogP contribution >= 0.6 is 11.6 Å². The second-order valence-electron chi connectivity index (χ2n) is 7.74. The number of nitrogens with two attached hydrogens (primary N) is 1. The van der Waals surface area contributed by atoms with Gasteiger partial charge >= 0.3 is 6.03 Å². The van der Waals surface area contributed by atoms with Gasteiger partial charge in [-0.15, -0.1) is 0 Å². The van der Waals surface area contributed by atoms with Crippen LogP contribution in [0.25, 0.3) is 10.9 Å². The summed E-state index contributed by atoms with van der Waals surface area (Å²) >= 11 is 5.88. The van der Waals surface area contributed by atoms with Gasteiger partial charge in [0.1, 0.15) is 17.5 Å². The maximum absolute atomic E-state index is 13.3. The van der Waals surface area contributed by atoms with Crippen molar-refractivity contribution in [3.8, 4) is 0 Å². The summed E-state index contributed by atoms with van der Waals surface area (Å²) in [5.74, 6) is -0.258. The van der Waals surface area contributed by atoms with E-state index in [4.69, 9.17) is 17.3 Å². The van der Waals surface area contributed by atoms with Crippen LogP contribution in [0.4, 0.5) is 10.6 Å². The van der Waals surface area contributed by atoms with Crippen molar-refractivity contribution in [1.82, 2.24) is 19.7 Å². The van der Waals surface area contributed by atoms with Gasteiger partial charge in [-0.25, -0.2) is 9.78 Å². The normalized spacial score (nSPS) is 13.9. The zero-order valence-corrected chi connectivity index (χ0v) is 18.1. The maximum atomic E-state index is 13.3. The van der Waals surface area contributed by atoms with Gasteiger partial charge in [-0.1, -0.05) is 48.7 Å². The third-order valence-electron chi connectivity index (χ3n) is 5.57. The predicted octanol–water partition coefficient (Wildman–Crippen LogP) is 2.96. The number of nitrogens with zero attached hydrogens (tertiary/aromatic N) is 4. The first kappa shape index (κ1) is 21.8. The van der Waals surface area contributed by atoms with E-state index < -0.39 is 6.03 Å². The summed E-state index contributed by atoms with van der Waals surface area (Å²) in [5, 5.41) is 7.90. The van der Waals surface area contributed by atoms with Crippen LogP contribution in [-0.2, 0) is 16.0 Å². The molecule has 166 valence electrons. The van der Waals surface area contributed by atoms with Gasteiger partial charge in [0.25, 0.3) is 0 Å². The third kappa shape index (κ3) is 4.72. The smallest absolute Gasteiger partial charge is 0.340 e. The minimum absolute atomic E-state index is 0.0231. The number of carbonyl (C=O) groups is 3. The van der Waals surface area contributed by atoms with E-state index in [0.717, 1.165) is 30.4 Å². The first-order valence-electron chi connectivity index (χ1n) is 10.4. The highest BCUT2D eigenvalue weighted by Gasteiger charge is 2.29. The zero-order chi connectivity index (χ0) is 22.7. The van der Waals surface area contributed by atoms with E-state index in [0.29, 0.717) is 22.4 Å². The van der Waals surface area contributed by atoms with Crippen LogP contribution in [0.2, 0.25) is 5.15 Å². The van der Waals surface area contributed by atoms with Gasteiger partial charge in [0.15, 0.2) is 0 Å². The SMILES string of the molecule is NC(=O)n1nc(CC(=O)N(CC(=O)Nc2cccc(Cl)n2)C2CCCC2)c2ccccc21. The minimum Gasteiger partial charge on any atom is -0.350 e. The van der Waals surface area contributed by atoms with Crippen molar-refractivity contribution in [3.05, 3.63) is 53.3 Å². The Morgan fingerprint density at radius 3 is 2.59 bits per heavy atom. The Hall–Kier alpha value is -3.46. The van der Waals surface area contributed by atoms with Gasteiger partial charge < -0.3 is 16.0 Å². The Kier molecular flexibility index (Phi) is 6.36. The second kappa shape index (κ2) is 9.35. The zero-order valence-electron chi connectivity index (χ0n) is 17.3. The quantitative estimate of drug-likeness (QED) is 0.554. The molecule has 4 rings (SSSR count). The lowest BCUT2D eigenvalue weighted by Crippen LogP contribution is -2.44. The molecule has 0 aliphatic heterocycles. The van der Waals surface area contributed by atoms with Gasteiger partial charge in [-0.05, 0) is 31.0 Å². The first-order valence-corrected chi connectivity index (χ1v) is 10.8. The van der Waals surface area contributed by atoms with Crippen molar-refractivity contribution in [3.63, 3.8) is 0 Å². The molecule has 0 bridgehead atoms. The number of pyridine rings is 1. The molecular formula is C22H23ClN6O3. The number of amides is 3. The third-order valence-corrected chi connectivity index (χ3v) is 5.78. The Morgan fingerprint density at radius 1 is 1.12 bits per heavy atom. The van der Waals surface area contributed by atoms with Crippen molar-refractivity contribution in [1.29, 1.82) is 0 Å². The summed E-state index contributed by atoms with van der Waals surface area (Å²) in [5.41, 5.74) is 6.42. The van der Waals surface area contributed by atoms with E-state index >= 15 is 0 Å². The number of rotatable bonds is 6. The molecule has 3 amide bonds. The van der Waals surface area contributed by atoms with Gasteiger partial charge in [0, 0.05) is 11.4 Å². The van der Waals surface area contributed by atoms with E-state index in [-0.39, 0.29) is 36.0 Å². The summed E-state index contributed by atoms with van der Waals surface area (Å²) in [6.07, 6.45) is 3.64. The number of para-hydroxylation sites is 1. The number of carbonyl (C=O) groups excluding carboxylic acids is 3. The Balaban J connectivity index is 1.54. The van der Waals surface area contributed by atoms with Gasteiger partial charge in [0.2, 0.25) is 11.8 Å². The molecule has 2 heterocycles. The number of halogens is 1. The molecule has 10 heteroatoms. The largest absolute Gasteiger partial charge is 0.350 e. The van der Waals surface area contributed by atoms with Crippen LogP contribution in [0.3, 0.4) is 0 Å². The van der Waals surface area contributed by atoms with Crippen molar-refractivity contribution in [2.75, 3.05) is 11.9 Å². The Bertz CT molecular complexity index is 1170. The minimum atomic E-state index is -0.721. The lowest BCUT2D eigenvalue weighted by molar-refractivity contribution is -0.136. The summed E-state index contributed by atoms with van der Waals surface area (Å²) in [7, 11) is 0. The molecule has 1 fully saturated rings. The molecule has 0 radical (unpaired) electrons. The van der Waals surface area contributed by atoms with E-state index in [1.807, 2.05) is 6.07 Å². The van der Waals surface area contributed by atoms with Gasteiger partial charge in [0.05, 0.1) is 17.6 Å². The van der Waals surface area contributed by atoms with Crippen molar-refractivity contribution >= 4 is 46.2 Å². The molecular weight excluding hydrogens is 432 g/mol. The van der Waals surface area contributed by atoms with Crippen LogP contribution in [0.1, 0.15) is 31.4 Å². The van der Waals surface area contributed by atoms with E-state index in [1.165, 1.54) is 0 Å². The number of benzene rings is 1. The summed E-state index contributed by atoms with van der Waals surface area (Å²) in [6.45, 7) is -0.105. The number of aromatic nitrogens is 3. The number of fused-ring (bicyclic) bond motifs is 1. The molecule has 0 saturated heterocycles. The fourth-order valence-corrected chi connectivity index (χ4v) is 4.29. The average Bonchev–Trinajstić information content (AvgIpc) is 3.41. The molecule has 0 spiro atoms. The standard InChI is InChI=1S/C22H23ClN6O3/c23-18-10-5-11-19(25-18)26-20(30)13-28(14-6-1-2-7-14)21(31)12-16-15-8-3-4-9-17(15)29(27-16)22(24)32/h3-5,8-11,14H,1-2,6-7,12-13H2,(H2,24,32)(H,25,26,30). The van der Waals surface area contributed by atoms with Crippen LogP contribution < -0.4 is 11.1 Å². The predicted molar refractivity (Wildman–Crippen MR) is 120 cm³/mol. The van der Waals surface area contributed by atoms with E-state index in [9.17, 15) is 14.4 Å². The van der Waals surface area contributed by atoms with E-state index in [2.05, 4.69) is 15.4 Å². The molecule has 9 nitrogen and oxygen atoms in total. The van der Waals surface area contributed by atoms with Crippen LogP contribution in [0.15, 0.2) is 42.5 Å². The fourth-order valence-electron chi connectivity index (χ4n) is 4.13. The highest BCUT2D eigenvalue weighted by atomic mass is 35.5. The molecule has 1 saturated carbocycles. The lowest BCUT2D eigenvalue weighted by atomic mass is 10.1. The molecule has 3 N–H and O–H groups in total. The Labute approximate surface area is 189 Å². The second-order valence-corrected chi connectivity index (χ2v) is 8.13. The first-order chi connectivity index (χ1) is 15.4. The monoisotopic (exact) mass is 454 g/mol.